The van der Waals surface area contributed by atoms with Crippen LogP contribution in [-0.4, -0.2) is 4.92 Å². The van der Waals surface area contributed by atoms with Gasteiger partial charge in [-0.15, -0.1) is 0 Å². The lowest BCUT2D eigenvalue weighted by atomic mass is 9.74. The fourth-order valence-corrected chi connectivity index (χ4v) is 5.68. The minimum atomic E-state index is -0.463. The molecule has 0 spiro atoms. The molecule has 7 nitrogen and oxygen atoms in total. The molecule has 0 saturated heterocycles. The summed E-state index contributed by atoms with van der Waals surface area (Å²) in [6.45, 7) is 4.30. The number of hydrogen-bond acceptors (Lipinski definition) is 6. The van der Waals surface area contributed by atoms with Gasteiger partial charge in [0.05, 0.1) is 16.6 Å². The largest absolute Gasteiger partial charge is 0.311 e. The fraction of sp³-hybridized carbons (Fsp3) is 0.125. The van der Waals surface area contributed by atoms with E-state index in [2.05, 4.69) is 61.2 Å². The lowest BCUT2D eigenvalue weighted by molar-refractivity contribution is -0.384. The van der Waals surface area contributed by atoms with E-state index in [1.807, 2.05) is 72.8 Å². The molecule has 0 heterocycles. The number of non-ortho nitro benzene ring substituents is 1. The average molecular weight is 614 g/mol. The first-order valence-electron chi connectivity index (χ1n) is 15.0. The van der Waals surface area contributed by atoms with Gasteiger partial charge < -0.3 is 4.90 Å². The first kappa shape index (κ1) is 31.9. The van der Waals surface area contributed by atoms with Crippen LogP contribution in [0.25, 0.3) is 17.7 Å². The zero-order chi connectivity index (χ0) is 33.4. The predicted molar refractivity (Wildman–Crippen MR) is 186 cm³/mol. The Morgan fingerprint density at radius 1 is 0.745 bits per heavy atom. The van der Waals surface area contributed by atoms with Crippen molar-refractivity contribution in [1.29, 1.82) is 15.8 Å². The maximum atomic E-state index is 11.0. The fourth-order valence-electron chi connectivity index (χ4n) is 5.68. The number of nitrogens with zero attached hydrogens (tertiary/aromatic N) is 5. The number of nitro groups is 1. The van der Waals surface area contributed by atoms with Gasteiger partial charge in [-0.05, 0) is 101 Å². The number of benzene rings is 4. The van der Waals surface area contributed by atoms with Crippen LogP contribution < -0.4 is 4.90 Å². The number of nitriles is 3. The molecule has 0 bridgehead atoms. The van der Waals surface area contributed by atoms with Crippen LogP contribution in [0.15, 0.2) is 132 Å². The van der Waals surface area contributed by atoms with Crippen molar-refractivity contribution in [2.45, 2.75) is 26.7 Å². The molecule has 0 N–H and O–H groups in total. The van der Waals surface area contributed by atoms with Gasteiger partial charge in [-0.2, -0.15) is 15.8 Å². The highest BCUT2D eigenvalue weighted by Crippen LogP contribution is 2.40. The molecule has 0 saturated carbocycles. The molecular weight excluding hydrogens is 582 g/mol. The molecule has 4 aromatic carbocycles. The molecule has 7 heteroatoms. The molecule has 0 aliphatic heterocycles. The van der Waals surface area contributed by atoms with Crippen molar-refractivity contribution in [2.24, 2.45) is 5.41 Å². The highest BCUT2D eigenvalue weighted by Gasteiger charge is 2.26. The Labute approximate surface area is 274 Å². The number of para-hydroxylation sites is 1. The summed E-state index contributed by atoms with van der Waals surface area (Å²) in [5.74, 6) is 0. The third-order valence-electron chi connectivity index (χ3n) is 7.88. The van der Waals surface area contributed by atoms with Crippen LogP contribution in [-0.2, 0) is 0 Å². The summed E-state index contributed by atoms with van der Waals surface area (Å²) in [5, 5.41) is 39.6. The number of hydrogen-bond donors (Lipinski definition) is 0. The second-order valence-electron chi connectivity index (χ2n) is 12.0. The topological polar surface area (TPSA) is 118 Å². The molecular formula is C40H31N5O2. The first-order chi connectivity index (χ1) is 22.7. The second kappa shape index (κ2) is 14.1. The zero-order valence-electron chi connectivity index (χ0n) is 26.1. The third-order valence-corrected chi connectivity index (χ3v) is 7.88. The van der Waals surface area contributed by atoms with Crippen molar-refractivity contribution in [3.8, 4) is 18.2 Å². The summed E-state index contributed by atoms with van der Waals surface area (Å²) in [4.78, 5) is 12.7. The maximum Gasteiger partial charge on any atom is 0.269 e. The van der Waals surface area contributed by atoms with Crippen molar-refractivity contribution in [3.63, 3.8) is 0 Å². The Balaban J connectivity index is 1.41. The number of anilines is 3. The molecule has 0 fully saturated rings. The lowest BCUT2D eigenvalue weighted by Crippen LogP contribution is -2.17. The monoisotopic (exact) mass is 613 g/mol. The summed E-state index contributed by atoms with van der Waals surface area (Å²) < 4.78 is 0. The molecule has 47 heavy (non-hydrogen) atoms. The van der Waals surface area contributed by atoms with Crippen LogP contribution in [0.1, 0.15) is 43.4 Å². The van der Waals surface area contributed by atoms with Gasteiger partial charge in [0.1, 0.15) is 17.7 Å². The van der Waals surface area contributed by atoms with Crippen molar-refractivity contribution in [1.82, 2.24) is 0 Å². The standard InChI is InChI=1S/C40H31N5O2/c1-40(2)24-31(23-33(25-40)35(27-42)28-43)9-8-29-10-16-37(17-11-29)44(36-6-4-3-5-7-36)38-18-12-30(13-19-38)22-34(26-41)32-14-20-39(21-15-32)45(46)47/h3-23H,24-25H2,1-2H3/b9-8+,34-22+. The predicted octanol–water partition coefficient (Wildman–Crippen LogP) is 10.2. The number of nitro benzene ring substituents is 1. The summed E-state index contributed by atoms with van der Waals surface area (Å²) in [7, 11) is 0. The van der Waals surface area contributed by atoms with E-state index in [0.717, 1.165) is 45.8 Å². The molecule has 228 valence electrons. The Morgan fingerprint density at radius 2 is 1.32 bits per heavy atom. The van der Waals surface area contributed by atoms with Gasteiger partial charge >= 0.3 is 0 Å². The molecule has 5 rings (SSSR count). The minimum Gasteiger partial charge on any atom is -0.311 e. The highest BCUT2D eigenvalue weighted by atomic mass is 16.6. The van der Waals surface area contributed by atoms with Crippen LogP contribution >= 0.6 is 0 Å². The Kier molecular flexibility index (Phi) is 9.56. The van der Waals surface area contributed by atoms with E-state index in [1.165, 1.54) is 12.1 Å². The average Bonchev–Trinajstić information content (AvgIpc) is 3.08. The van der Waals surface area contributed by atoms with E-state index >= 15 is 0 Å². The van der Waals surface area contributed by atoms with Crippen molar-refractivity contribution in [2.75, 3.05) is 4.90 Å². The normalized spacial score (nSPS) is 14.0. The van der Waals surface area contributed by atoms with Crippen LogP contribution in [0, 0.1) is 49.5 Å². The van der Waals surface area contributed by atoms with Crippen molar-refractivity contribution < 1.29 is 4.92 Å². The van der Waals surface area contributed by atoms with Crippen LogP contribution in [0.2, 0.25) is 0 Å². The first-order valence-corrected chi connectivity index (χ1v) is 15.0. The molecule has 1 aliphatic carbocycles. The zero-order valence-corrected chi connectivity index (χ0v) is 26.1. The number of rotatable bonds is 8. The van der Waals surface area contributed by atoms with Gasteiger partial charge in [0.15, 0.2) is 0 Å². The van der Waals surface area contributed by atoms with Crippen LogP contribution in [0.5, 0.6) is 0 Å². The van der Waals surface area contributed by atoms with Gasteiger partial charge in [0.25, 0.3) is 5.69 Å². The van der Waals surface area contributed by atoms with Crippen LogP contribution in [0.4, 0.5) is 22.7 Å². The molecule has 4 aromatic rings. The smallest absolute Gasteiger partial charge is 0.269 e. The Hall–Kier alpha value is -6.49. The molecule has 0 amide bonds. The summed E-state index contributed by atoms with van der Waals surface area (Å²) in [5.41, 5.74) is 7.73. The van der Waals surface area contributed by atoms with E-state index in [-0.39, 0.29) is 16.7 Å². The van der Waals surface area contributed by atoms with Gasteiger partial charge in [-0.3, -0.25) is 10.1 Å². The highest BCUT2D eigenvalue weighted by molar-refractivity contribution is 5.90. The minimum absolute atomic E-state index is 0.0238. The lowest BCUT2D eigenvalue weighted by Gasteiger charge is -2.30. The third kappa shape index (κ3) is 7.78. The Morgan fingerprint density at radius 3 is 1.87 bits per heavy atom. The van der Waals surface area contributed by atoms with E-state index in [4.69, 9.17) is 0 Å². The molecule has 0 atom stereocenters. The quantitative estimate of drug-likeness (QED) is 0.0844. The SMILES string of the molecule is CC1(C)CC(/C=C/c2ccc(N(c3ccccc3)c3ccc(/C=C(\C#N)c4ccc([N+](=O)[O-])cc4)cc3)cc2)=CC(=C(C#N)C#N)C1. The Bertz CT molecular complexity index is 2020. The maximum absolute atomic E-state index is 11.0. The summed E-state index contributed by atoms with van der Waals surface area (Å²) >= 11 is 0. The van der Waals surface area contributed by atoms with Gasteiger partial charge in [0.2, 0.25) is 0 Å². The number of allylic oxidation sites excluding steroid dienone is 6. The van der Waals surface area contributed by atoms with E-state index in [9.17, 15) is 25.9 Å². The second-order valence-corrected chi connectivity index (χ2v) is 12.0. The van der Waals surface area contributed by atoms with Gasteiger partial charge in [0, 0.05) is 29.2 Å². The van der Waals surface area contributed by atoms with E-state index in [0.29, 0.717) is 17.6 Å². The van der Waals surface area contributed by atoms with Crippen molar-refractivity contribution in [3.05, 3.63) is 159 Å². The summed E-state index contributed by atoms with van der Waals surface area (Å²) in [6, 6.07) is 38.4. The van der Waals surface area contributed by atoms with Crippen LogP contribution in [0.3, 0.4) is 0 Å². The summed E-state index contributed by atoms with van der Waals surface area (Å²) in [6.07, 6.45) is 9.41. The van der Waals surface area contributed by atoms with Crippen molar-refractivity contribution >= 4 is 40.5 Å². The van der Waals surface area contributed by atoms with Gasteiger partial charge in [-0.25, -0.2) is 0 Å². The molecule has 1 aliphatic rings. The molecule has 0 unspecified atom stereocenters. The van der Waals surface area contributed by atoms with E-state index < -0.39 is 4.92 Å². The van der Waals surface area contributed by atoms with E-state index in [1.54, 1.807) is 18.2 Å². The van der Waals surface area contributed by atoms with Gasteiger partial charge in [-0.1, -0.05) is 74.5 Å². The molecule has 0 aromatic heterocycles. The molecule has 0 radical (unpaired) electrons.